The number of nitrogens with zero attached hydrogens (tertiary/aromatic N) is 2. The van der Waals surface area contributed by atoms with Gasteiger partial charge in [-0.15, -0.1) is 0 Å². The van der Waals surface area contributed by atoms with E-state index < -0.39 is 0 Å². The molecule has 1 aromatic carbocycles. The highest BCUT2D eigenvalue weighted by atomic mass is 35.5. The summed E-state index contributed by atoms with van der Waals surface area (Å²) < 4.78 is 0. The summed E-state index contributed by atoms with van der Waals surface area (Å²) in [5.41, 5.74) is 4.39. The third-order valence-electron chi connectivity index (χ3n) is 2.97. The van der Waals surface area contributed by atoms with Crippen LogP contribution in [0.4, 0.5) is 10.8 Å². The van der Waals surface area contributed by atoms with E-state index in [1.807, 2.05) is 12.1 Å². The van der Waals surface area contributed by atoms with Gasteiger partial charge in [-0.3, -0.25) is 10.2 Å². The summed E-state index contributed by atoms with van der Waals surface area (Å²) >= 11 is 7.42. The van der Waals surface area contributed by atoms with Gasteiger partial charge < -0.3 is 4.90 Å². The quantitative estimate of drug-likeness (QED) is 0.672. The van der Waals surface area contributed by atoms with Crippen molar-refractivity contribution in [2.24, 2.45) is 5.84 Å². The zero-order chi connectivity index (χ0) is 13.4. The number of nitrogens with two attached hydrogens (primary N) is 1. The molecule has 0 radical (unpaired) electrons. The van der Waals surface area contributed by atoms with Crippen LogP contribution in [-0.2, 0) is 17.8 Å². The third-order valence-corrected chi connectivity index (χ3v) is 4.12. The van der Waals surface area contributed by atoms with Gasteiger partial charge in [-0.05, 0) is 17.7 Å². The number of fused-ring (bicyclic) bond motifs is 1. The Labute approximate surface area is 119 Å². The summed E-state index contributed by atoms with van der Waals surface area (Å²) in [5.74, 6) is 5.37. The zero-order valence-electron chi connectivity index (χ0n) is 9.89. The Morgan fingerprint density at radius 3 is 3.11 bits per heavy atom. The molecular weight excluding hydrogens is 284 g/mol. The molecule has 0 saturated carbocycles. The van der Waals surface area contributed by atoms with Crippen LogP contribution in [-0.4, -0.2) is 10.9 Å². The van der Waals surface area contributed by atoms with Crippen molar-refractivity contribution in [3.8, 4) is 0 Å². The van der Waals surface area contributed by atoms with E-state index in [2.05, 4.69) is 10.4 Å². The summed E-state index contributed by atoms with van der Waals surface area (Å²) in [6, 6.07) is 5.53. The molecule has 2 aromatic rings. The predicted octanol–water partition coefficient (Wildman–Crippen LogP) is 2.17. The first-order valence-electron chi connectivity index (χ1n) is 5.67. The molecule has 0 atom stereocenters. The molecule has 0 bridgehead atoms. The number of carbonyl (C=O) groups is 1. The van der Waals surface area contributed by atoms with E-state index in [-0.39, 0.29) is 5.91 Å². The second-order valence-electron chi connectivity index (χ2n) is 4.21. The lowest BCUT2D eigenvalue weighted by Gasteiger charge is -2.16. The van der Waals surface area contributed by atoms with Gasteiger partial charge in [0.25, 0.3) is 0 Å². The number of anilines is 2. The molecule has 1 aromatic heterocycles. The van der Waals surface area contributed by atoms with Crippen LogP contribution in [0, 0.1) is 0 Å². The van der Waals surface area contributed by atoms with Crippen LogP contribution in [0.2, 0.25) is 5.02 Å². The molecule has 0 fully saturated rings. The topological polar surface area (TPSA) is 71.2 Å². The molecular formula is C12H11ClN4OS. The zero-order valence-corrected chi connectivity index (χ0v) is 11.5. The minimum atomic E-state index is 0.0768. The van der Waals surface area contributed by atoms with Crippen molar-refractivity contribution in [3.63, 3.8) is 0 Å². The molecule has 2 heterocycles. The van der Waals surface area contributed by atoms with Crippen LogP contribution >= 0.6 is 22.9 Å². The van der Waals surface area contributed by atoms with Gasteiger partial charge in [-0.1, -0.05) is 29.0 Å². The fourth-order valence-electron chi connectivity index (χ4n) is 2.11. The lowest BCUT2D eigenvalue weighted by Crippen LogP contribution is -2.25. The Morgan fingerprint density at radius 1 is 1.53 bits per heavy atom. The van der Waals surface area contributed by atoms with Crippen molar-refractivity contribution in [1.82, 2.24) is 4.98 Å². The Hall–Kier alpha value is -1.63. The van der Waals surface area contributed by atoms with Crippen molar-refractivity contribution in [1.29, 1.82) is 0 Å². The molecule has 7 heteroatoms. The van der Waals surface area contributed by atoms with E-state index in [0.717, 1.165) is 16.1 Å². The number of thiazole rings is 1. The Balaban J connectivity index is 1.89. The maximum atomic E-state index is 12.0. The average molecular weight is 295 g/mol. The van der Waals surface area contributed by atoms with Gasteiger partial charge in [0.15, 0.2) is 5.13 Å². The van der Waals surface area contributed by atoms with Crippen LogP contribution in [0.15, 0.2) is 24.4 Å². The first-order chi connectivity index (χ1) is 9.17. The van der Waals surface area contributed by atoms with Gasteiger partial charge in [0.1, 0.15) is 0 Å². The number of benzene rings is 1. The molecule has 5 nitrogen and oxygen atoms in total. The van der Waals surface area contributed by atoms with Crippen LogP contribution in [0.1, 0.15) is 10.4 Å². The standard InChI is InChI=1S/C12H11ClN4OS/c13-8-2-1-7-3-11(18)17(10(7)4-8)6-9-5-15-12(16-14)19-9/h1-2,4-5H,3,6,14H2,(H,15,16). The highest BCUT2D eigenvalue weighted by Crippen LogP contribution is 2.33. The molecule has 3 rings (SSSR count). The van der Waals surface area contributed by atoms with E-state index in [1.165, 1.54) is 11.3 Å². The number of rotatable bonds is 3. The number of nitrogens with one attached hydrogen (secondary N) is 1. The predicted molar refractivity (Wildman–Crippen MR) is 76.3 cm³/mol. The molecule has 0 spiro atoms. The van der Waals surface area contributed by atoms with Crippen molar-refractivity contribution in [2.45, 2.75) is 13.0 Å². The van der Waals surface area contributed by atoms with Crippen LogP contribution in [0.3, 0.4) is 0 Å². The Kier molecular flexibility index (Phi) is 3.14. The van der Waals surface area contributed by atoms with E-state index in [0.29, 0.717) is 23.1 Å². The SMILES string of the molecule is NNc1ncc(CN2C(=O)Cc3ccc(Cl)cc32)s1. The molecule has 0 saturated heterocycles. The fourth-order valence-corrected chi connectivity index (χ4v) is 2.99. The van der Waals surface area contributed by atoms with Crippen molar-refractivity contribution in [2.75, 3.05) is 10.3 Å². The van der Waals surface area contributed by atoms with Crippen LogP contribution < -0.4 is 16.2 Å². The van der Waals surface area contributed by atoms with Gasteiger partial charge in [0.05, 0.1) is 13.0 Å². The summed E-state index contributed by atoms with van der Waals surface area (Å²) in [4.78, 5) is 18.8. The average Bonchev–Trinajstić information content (AvgIpc) is 2.96. The molecule has 1 aliphatic rings. The van der Waals surface area contributed by atoms with E-state index in [9.17, 15) is 4.79 Å². The summed E-state index contributed by atoms with van der Waals surface area (Å²) in [6.45, 7) is 0.492. The van der Waals surface area contributed by atoms with Crippen molar-refractivity contribution in [3.05, 3.63) is 39.9 Å². The highest BCUT2D eigenvalue weighted by Gasteiger charge is 2.27. The van der Waals surface area contributed by atoms with E-state index in [4.69, 9.17) is 17.4 Å². The number of hydrogen-bond donors (Lipinski definition) is 2. The van der Waals surface area contributed by atoms with Crippen LogP contribution in [0.25, 0.3) is 0 Å². The molecule has 0 unspecified atom stereocenters. The normalized spacial score (nSPS) is 13.8. The first-order valence-corrected chi connectivity index (χ1v) is 6.87. The van der Waals surface area contributed by atoms with Gasteiger partial charge in [-0.25, -0.2) is 10.8 Å². The second kappa shape index (κ2) is 4.80. The number of hydrogen-bond acceptors (Lipinski definition) is 5. The van der Waals surface area contributed by atoms with Crippen molar-refractivity contribution < 1.29 is 4.79 Å². The number of aromatic nitrogens is 1. The molecule has 1 amide bonds. The summed E-state index contributed by atoms with van der Waals surface area (Å²) in [5, 5.41) is 1.26. The number of amides is 1. The number of hydrazine groups is 1. The number of nitrogen functional groups attached to an aromatic ring is 1. The highest BCUT2D eigenvalue weighted by molar-refractivity contribution is 7.15. The molecule has 3 N–H and O–H groups in total. The first kappa shape index (κ1) is 12.4. The summed E-state index contributed by atoms with van der Waals surface area (Å²) in [7, 11) is 0. The smallest absolute Gasteiger partial charge is 0.231 e. The van der Waals surface area contributed by atoms with Gasteiger partial charge >= 0.3 is 0 Å². The Bertz CT molecular complexity index is 642. The van der Waals surface area contributed by atoms with Crippen molar-refractivity contribution >= 4 is 39.7 Å². The molecule has 0 aliphatic carbocycles. The van der Waals surface area contributed by atoms with Gasteiger partial charge in [-0.2, -0.15) is 0 Å². The fraction of sp³-hybridized carbons (Fsp3) is 0.167. The minimum Gasteiger partial charge on any atom is -0.306 e. The van der Waals surface area contributed by atoms with Gasteiger partial charge in [0.2, 0.25) is 5.91 Å². The Morgan fingerprint density at radius 2 is 2.37 bits per heavy atom. The molecule has 98 valence electrons. The number of carbonyl (C=O) groups excluding carboxylic acids is 1. The maximum Gasteiger partial charge on any atom is 0.231 e. The lowest BCUT2D eigenvalue weighted by atomic mass is 10.2. The third kappa shape index (κ3) is 2.30. The van der Waals surface area contributed by atoms with E-state index in [1.54, 1.807) is 17.2 Å². The van der Waals surface area contributed by atoms with Gasteiger partial charge in [0, 0.05) is 21.8 Å². The largest absolute Gasteiger partial charge is 0.306 e. The lowest BCUT2D eigenvalue weighted by molar-refractivity contribution is -0.117. The van der Waals surface area contributed by atoms with E-state index >= 15 is 0 Å². The number of halogens is 1. The second-order valence-corrected chi connectivity index (χ2v) is 5.76. The molecule has 1 aliphatic heterocycles. The van der Waals surface area contributed by atoms with Crippen LogP contribution in [0.5, 0.6) is 0 Å². The summed E-state index contributed by atoms with van der Waals surface area (Å²) in [6.07, 6.45) is 2.14. The monoisotopic (exact) mass is 294 g/mol. The maximum absolute atomic E-state index is 12.0. The molecule has 19 heavy (non-hydrogen) atoms. The minimum absolute atomic E-state index is 0.0768.